The molecule has 0 spiro atoms. The van der Waals surface area contributed by atoms with E-state index >= 15 is 0 Å². The Labute approximate surface area is 89.2 Å². The number of carbonyl (C=O) groups excluding carboxylic acids is 1. The SMILES string of the molecule is CNc1ccc(COC(C)=O)c(OC)c1. The van der Waals surface area contributed by atoms with Crippen molar-refractivity contribution < 1.29 is 14.3 Å². The van der Waals surface area contributed by atoms with Crippen molar-refractivity contribution in [1.29, 1.82) is 0 Å². The second kappa shape index (κ2) is 5.24. The van der Waals surface area contributed by atoms with Gasteiger partial charge in [0.1, 0.15) is 12.4 Å². The van der Waals surface area contributed by atoms with Crippen molar-refractivity contribution in [3.05, 3.63) is 23.8 Å². The van der Waals surface area contributed by atoms with Crippen LogP contribution >= 0.6 is 0 Å². The summed E-state index contributed by atoms with van der Waals surface area (Å²) in [5.74, 6) is 0.415. The molecule has 0 heterocycles. The number of nitrogens with one attached hydrogen (secondary N) is 1. The van der Waals surface area contributed by atoms with Gasteiger partial charge in [-0.15, -0.1) is 0 Å². The lowest BCUT2D eigenvalue weighted by Crippen LogP contribution is -2.01. The molecule has 4 nitrogen and oxygen atoms in total. The predicted octanol–water partition coefficient (Wildman–Crippen LogP) is 1.80. The highest BCUT2D eigenvalue weighted by atomic mass is 16.5. The van der Waals surface area contributed by atoms with Crippen LogP contribution in [0.5, 0.6) is 5.75 Å². The summed E-state index contributed by atoms with van der Waals surface area (Å²) >= 11 is 0. The molecule has 1 aromatic rings. The lowest BCUT2D eigenvalue weighted by atomic mass is 10.2. The fourth-order valence-electron chi connectivity index (χ4n) is 1.20. The molecule has 0 unspecified atom stereocenters. The molecule has 0 radical (unpaired) electrons. The maximum atomic E-state index is 10.7. The lowest BCUT2D eigenvalue weighted by molar-refractivity contribution is -0.142. The van der Waals surface area contributed by atoms with Gasteiger partial charge in [0, 0.05) is 31.3 Å². The Kier molecular flexibility index (Phi) is 3.97. The molecular formula is C11H15NO3. The van der Waals surface area contributed by atoms with Crippen LogP contribution in [0.3, 0.4) is 0 Å². The summed E-state index contributed by atoms with van der Waals surface area (Å²) < 4.78 is 10.1. The van der Waals surface area contributed by atoms with Crippen LogP contribution in [0, 0.1) is 0 Å². The smallest absolute Gasteiger partial charge is 0.302 e. The van der Waals surface area contributed by atoms with Crippen LogP contribution in [-0.2, 0) is 16.1 Å². The Morgan fingerprint density at radius 1 is 1.47 bits per heavy atom. The Bertz CT molecular complexity index is 350. The molecule has 0 aromatic heterocycles. The standard InChI is InChI=1S/C11H15NO3/c1-8(13)15-7-9-4-5-10(12-2)6-11(9)14-3/h4-6,12H,7H2,1-3H3. The van der Waals surface area contributed by atoms with Crippen LogP contribution in [0.15, 0.2) is 18.2 Å². The second-order valence-corrected chi connectivity index (χ2v) is 3.06. The third kappa shape index (κ3) is 3.16. The number of anilines is 1. The Morgan fingerprint density at radius 3 is 2.73 bits per heavy atom. The first-order chi connectivity index (χ1) is 7.17. The molecule has 0 saturated carbocycles. The molecule has 0 aliphatic heterocycles. The first kappa shape index (κ1) is 11.4. The predicted molar refractivity (Wildman–Crippen MR) is 58.0 cm³/mol. The fourth-order valence-corrected chi connectivity index (χ4v) is 1.20. The maximum Gasteiger partial charge on any atom is 0.302 e. The van der Waals surface area contributed by atoms with Gasteiger partial charge in [-0.05, 0) is 12.1 Å². The van der Waals surface area contributed by atoms with Crippen molar-refractivity contribution in [2.24, 2.45) is 0 Å². The minimum Gasteiger partial charge on any atom is -0.496 e. The second-order valence-electron chi connectivity index (χ2n) is 3.06. The summed E-state index contributed by atoms with van der Waals surface area (Å²) in [6.45, 7) is 1.62. The zero-order chi connectivity index (χ0) is 11.3. The molecule has 82 valence electrons. The highest BCUT2D eigenvalue weighted by molar-refractivity contribution is 5.66. The van der Waals surface area contributed by atoms with Gasteiger partial charge in [0.25, 0.3) is 0 Å². The van der Waals surface area contributed by atoms with E-state index in [4.69, 9.17) is 9.47 Å². The van der Waals surface area contributed by atoms with E-state index in [0.29, 0.717) is 5.75 Å². The summed E-state index contributed by atoms with van der Waals surface area (Å²) in [6, 6.07) is 5.63. The van der Waals surface area contributed by atoms with E-state index in [-0.39, 0.29) is 12.6 Å². The van der Waals surface area contributed by atoms with Gasteiger partial charge in [-0.1, -0.05) is 0 Å². The molecule has 1 N–H and O–H groups in total. The van der Waals surface area contributed by atoms with Crippen molar-refractivity contribution in [2.45, 2.75) is 13.5 Å². The number of rotatable bonds is 4. The molecule has 0 aliphatic carbocycles. The van der Waals surface area contributed by atoms with Crippen molar-refractivity contribution >= 4 is 11.7 Å². The first-order valence-electron chi connectivity index (χ1n) is 4.65. The van der Waals surface area contributed by atoms with Gasteiger partial charge >= 0.3 is 5.97 Å². The van der Waals surface area contributed by atoms with Crippen LogP contribution in [0.2, 0.25) is 0 Å². The largest absolute Gasteiger partial charge is 0.496 e. The Morgan fingerprint density at radius 2 is 2.20 bits per heavy atom. The van der Waals surface area contributed by atoms with Gasteiger partial charge in [0.2, 0.25) is 0 Å². The third-order valence-corrected chi connectivity index (χ3v) is 2.01. The van der Waals surface area contributed by atoms with Gasteiger partial charge in [-0.2, -0.15) is 0 Å². The van der Waals surface area contributed by atoms with Crippen molar-refractivity contribution in [2.75, 3.05) is 19.5 Å². The Balaban J connectivity index is 2.82. The topological polar surface area (TPSA) is 47.6 Å². The van der Waals surface area contributed by atoms with Crippen LogP contribution < -0.4 is 10.1 Å². The summed E-state index contributed by atoms with van der Waals surface area (Å²) in [5, 5.41) is 3.01. The van der Waals surface area contributed by atoms with Gasteiger partial charge < -0.3 is 14.8 Å². The molecule has 15 heavy (non-hydrogen) atoms. The van der Waals surface area contributed by atoms with E-state index in [1.165, 1.54) is 6.92 Å². The molecule has 0 aliphatic rings. The van der Waals surface area contributed by atoms with E-state index in [2.05, 4.69) is 5.32 Å². The quantitative estimate of drug-likeness (QED) is 0.768. The number of hydrogen-bond donors (Lipinski definition) is 1. The fraction of sp³-hybridized carbons (Fsp3) is 0.364. The van der Waals surface area contributed by atoms with Gasteiger partial charge in [-0.3, -0.25) is 4.79 Å². The molecule has 0 atom stereocenters. The molecule has 4 heteroatoms. The molecule has 0 saturated heterocycles. The minimum atomic E-state index is -0.297. The van der Waals surface area contributed by atoms with Crippen LogP contribution in [0.25, 0.3) is 0 Å². The van der Waals surface area contributed by atoms with Crippen molar-refractivity contribution in [1.82, 2.24) is 0 Å². The number of carbonyl (C=O) groups is 1. The van der Waals surface area contributed by atoms with Crippen molar-refractivity contribution in [3.63, 3.8) is 0 Å². The van der Waals surface area contributed by atoms with E-state index in [9.17, 15) is 4.79 Å². The zero-order valence-electron chi connectivity index (χ0n) is 9.16. The van der Waals surface area contributed by atoms with Crippen LogP contribution in [0.4, 0.5) is 5.69 Å². The summed E-state index contributed by atoms with van der Waals surface area (Å²) in [5.41, 5.74) is 1.81. The molecular weight excluding hydrogens is 194 g/mol. The monoisotopic (exact) mass is 209 g/mol. The minimum absolute atomic E-state index is 0.239. The van der Waals surface area contributed by atoms with E-state index in [1.54, 1.807) is 7.11 Å². The molecule has 0 fully saturated rings. The van der Waals surface area contributed by atoms with E-state index in [1.807, 2.05) is 25.2 Å². The van der Waals surface area contributed by atoms with Crippen molar-refractivity contribution in [3.8, 4) is 5.75 Å². The van der Waals surface area contributed by atoms with Gasteiger partial charge in [-0.25, -0.2) is 0 Å². The average molecular weight is 209 g/mol. The lowest BCUT2D eigenvalue weighted by Gasteiger charge is -2.10. The Hall–Kier alpha value is -1.71. The number of ether oxygens (including phenoxy) is 2. The highest BCUT2D eigenvalue weighted by Crippen LogP contribution is 2.23. The normalized spacial score (nSPS) is 9.53. The van der Waals surface area contributed by atoms with Gasteiger partial charge in [0.15, 0.2) is 0 Å². The molecule has 0 amide bonds. The van der Waals surface area contributed by atoms with Gasteiger partial charge in [0.05, 0.1) is 7.11 Å². The summed E-state index contributed by atoms with van der Waals surface area (Å²) in [6.07, 6.45) is 0. The van der Waals surface area contributed by atoms with E-state index < -0.39 is 0 Å². The number of hydrogen-bond acceptors (Lipinski definition) is 4. The number of benzene rings is 1. The zero-order valence-corrected chi connectivity index (χ0v) is 9.16. The number of methoxy groups -OCH3 is 1. The molecule has 0 bridgehead atoms. The third-order valence-electron chi connectivity index (χ3n) is 2.01. The maximum absolute atomic E-state index is 10.7. The highest BCUT2D eigenvalue weighted by Gasteiger charge is 2.05. The summed E-state index contributed by atoms with van der Waals surface area (Å²) in [4.78, 5) is 10.7. The first-order valence-corrected chi connectivity index (χ1v) is 4.65. The number of esters is 1. The van der Waals surface area contributed by atoms with Crippen LogP contribution in [-0.4, -0.2) is 20.1 Å². The average Bonchev–Trinajstić information content (AvgIpc) is 2.25. The van der Waals surface area contributed by atoms with E-state index in [0.717, 1.165) is 11.3 Å². The molecule has 1 rings (SSSR count). The van der Waals surface area contributed by atoms with Crippen LogP contribution in [0.1, 0.15) is 12.5 Å². The summed E-state index contributed by atoms with van der Waals surface area (Å²) in [7, 11) is 3.42. The molecule has 1 aromatic carbocycles.